The van der Waals surface area contributed by atoms with Gasteiger partial charge in [-0.05, 0) is 22.3 Å². The van der Waals surface area contributed by atoms with Gasteiger partial charge in [0.1, 0.15) is 0 Å². The molecular weight excluding hydrogens is 468 g/mol. The summed E-state index contributed by atoms with van der Waals surface area (Å²) in [6.07, 6.45) is -0.381. The zero-order chi connectivity index (χ0) is 26.1. The van der Waals surface area contributed by atoms with Crippen LogP contribution in [0.2, 0.25) is 0 Å². The van der Waals surface area contributed by atoms with Crippen molar-refractivity contribution in [2.45, 2.75) is 20.1 Å². The first-order chi connectivity index (χ1) is 18.5. The standard InChI is InChI=1S/C35H30O3/c1-35(2)22-37-34(38-23-35)28-20-18-27(19-21-28)30-29(24-12-6-3-7-13-24)31(25-14-8-4-9-15-25)33(36)32(30)26-16-10-5-11-17-26/h3-21,34H,22-23H2,1-2H3. The van der Waals surface area contributed by atoms with Gasteiger partial charge in [-0.1, -0.05) is 129 Å². The highest BCUT2D eigenvalue weighted by Gasteiger charge is 2.35. The summed E-state index contributed by atoms with van der Waals surface area (Å²) in [5, 5.41) is 0. The van der Waals surface area contributed by atoms with Gasteiger partial charge in [0.25, 0.3) is 0 Å². The van der Waals surface area contributed by atoms with Gasteiger partial charge < -0.3 is 9.47 Å². The first-order valence-corrected chi connectivity index (χ1v) is 13.1. The van der Waals surface area contributed by atoms with Gasteiger partial charge in [0, 0.05) is 33.3 Å². The molecular formula is C35H30O3. The normalized spacial score (nSPS) is 17.8. The molecule has 4 aromatic rings. The summed E-state index contributed by atoms with van der Waals surface area (Å²) in [5.74, 6) is 0.0431. The summed E-state index contributed by atoms with van der Waals surface area (Å²) in [6, 6.07) is 38.5. The summed E-state index contributed by atoms with van der Waals surface area (Å²) >= 11 is 0. The predicted molar refractivity (Wildman–Crippen MR) is 153 cm³/mol. The molecule has 1 fully saturated rings. The topological polar surface area (TPSA) is 35.5 Å². The van der Waals surface area contributed by atoms with Crippen LogP contribution in [0.25, 0.3) is 22.3 Å². The van der Waals surface area contributed by atoms with Crippen molar-refractivity contribution in [3.05, 3.63) is 143 Å². The van der Waals surface area contributed by atoms with Gasteiger partial charge in [-0.2, -0.15) is 0 Å². The maximum Gasteiger partial charge on any atom is 0.195 e. The number of hydrogen-bond acceptors (Lipinski definition) is 3. The lowest BCUT2D eigenvalue weighted by molar-refractivity contribution is -0.226. The van der Waals surface area contributed by atoms with E-state index in [0.717, 1.165) is 50.1 Å². The zero-order valence-corrected chi connectivity index (χ0v) is 21.7. The number of carbonyl (C=O) groups is 1. The lowest BCUT2D eigenvalue weighted by Crippen LogP contribution is -2.33. The van der Waals surface area contributed by atoms with E-state index in [1.54, 1.807) is 0 Å². The number of ether oxygens (including phenoxy) is 2. The van der Waals surface area contributed by atoms with E-state index in [9.17, 15) is 4.79 Å². The van der Waals surface area contributed by atoms with E-state index in [0.29, 0.717) is 13.2 Å². The molecule has 1 heterocycles. The summed E-state index contributed by atoms with van der Waals surface area (Å²) in [5.41, 5.74) is 8.19. The maximum absolute atomic E-state index is 14.3. The molecule has 2 aliphatic rings. The minimum atomic E-state index is -0.381. The van der Waals surface area contributed by atoms with Gasteiger partial charge in [0.05, 0.1) is 13.2 Å². The van der Waals surface area contributed by atoms with Crippen LogP contribution >= 0.6 is 0 Å². The number of hydrogen-bond donors (Lipinski definition) is 0. The Kier molecular flexibility index (Phi) is 6.40. The number of rotatable bonds is 5. The van der Waals surface area contributed by atoms with Crippen LogP contribution in [0.15, 0.2) is 115 Å². The molecule has 0 radical (unpaired) electrons. The van der Waals surface area contributed by atoms with Gasteiger partial charge in [0.2, 0.25) is 0 Å². The van der Waals surface area contributed by atoms with E-state index >= 15 is 0 Å². The molecule has 0 N–H and O–H groups in total. The molecule has 0 saturated carbocycles. The Morgan fingerprint density at radius 2 is 0.895 bits per heavy atom. The number of allylic oxidation sites excluding steroid dienone is 4. The third kappa shape index (κ3) is 4.56. The molecule has 3 heteroatoms. The lowest BCUT2D eigenvalue weighted by Gasteiger charge is -2.34. The molecule has 3 nitrogen and oxygen atoms in total. The van der Waals surface area contributed by atoms with Crippen LogP contribution in [-0.2, 0) is 14.3 Å². The Hall–Kier alpha value is -4.05. The third-order valence-electron chi connectivity index (χ3n) is 7.11. The summed E-state index contributed by atoms with van der Waals surface area (Å²) < 4.78 is 12.0. The van der Waals surface area contributed by atoms with E-state index in [1.165, 1.54) is 0 Å². The van der Waals surface area contributed by atoms with Crippen molar-refractivity contribution in [2.75, 3.05) is 13.2 Å². The van der Waals surface area contributed by atoms with Gasteiger partial charge in [-0.15, -0.1) is 0 Å². The fourth-order valence-corrected chi connectivity index (χ4v) is 5.24. The molecule has 1 saturated heterocycles. The Bertz CT molecular complexity index is 1500. The average Bonchev–Trinajstić information content (AvgIpc) is 3.27. The van der Waals surface area contributed by atoms with Crippen LogP contribution in [-0.4, -0.2) is 19.0 Å². The van der Waals surface area contributed by atoms with Crippen molar-refractivity contribution in [3.8, 4) is 0 Å². The molecule has 1 aliphatic carbocycles. The van der Waals surface area contributed by atoms with E-state index < -0.39 is 0 Å². The SMILES string of the molecule is CC1(C)COC(c2ccc(C3=C(c4ccccc4)C(=O)C(c4ccccc4)=C3c3ccccc3)cc2)OC1. The van der Waals surface area contributed by atoms with Crippen LogP contribution in [0.5, 0.6) is 0 Å². The molecule has 0 bridgehead atoms. The highest BCUT2D eigenvalue weighted by molar-refractivity contribution is 6.59. The fraction of sp³-hybridized carbons (Fsp3) is 0.171. The van der Waals surface area contributed by atoms with Crippen molar-refractivity contribution in [2.24, 2.45) is 5.41 Å². The van der Waals surface area contributed by atoms with Crippen molar-refractivity contribution in [1.29, 1.82) is 0 Å². The second-order valence-electron chi connectivity index (χ2n) is 10.7. The van der Waals surface area contributed by atoms with Crippen molar-refractivity contribution < 1.29 is 14.3 Å². The fourth-order valence-electron chi connectivity index (χ4n) is 5.24. The van der Waals surface area contributed by atoms with E-state index in [-0.39, 0.29) is 17.5 Å². The molecule has 38 heavy (non-hydrogen) atoms. The Balaban J connectivity index is 1.52. The van der Waals surface area contributed by atoms with Crippen LogP contribution in [0.1, 0.15) is 48.0 Å². The van der Waals surface area contributed by atoms with Crippen molar-refractivity contribution in [3.63, 3.8) is 0 Å². The van der Waals surface area contributed by atoms with Crippen LogP contribution in [0.4, 0.5) is 0 Å². The first-order valence-electron chi connectivity index (χ1n) is 13.1. The molecule has 0 amide bonds. The molecule has 0 aromatic heterocycles. The smallest absolute Gasteiger partial charge is 0.195 e. The first kappa shape index (κ1) is 24.3. The molecule has 0 unspecified atom stereocenters. The van der Waals surface area contributed by atoms with Crippen molar-refractivity contribution >= 4 is 28.1 Å². The van der Waals surface area contributed by atoms with Gasteiger partial charge in [0.15, 0.2) is 12.1 Å². The summed E-state index contributed by atoms with van der Waals surface area (Å²) in [7, 11) is 0. The third-order valence-corrected chi connectivity index (χ3v) is 7.11. The van der Waals surface area contributed by atoms with Gasteiger partial charge >= 0.3 is 0 Å². The summed E-state index contributed by atoms with van der Waals surface area (Å²) in [6.45, 7) is 5.59. The minimum absolute atomic E-state index is 0.0132. The predicted octanol–water partition coefficient (Wildman–Crippen LogP) is 7.86. The quantitative estimate of drug-likeness (QED) is 0.281. The molecule has 0 atom stereocenters. The van der Waals surface area contributed by atoms with E-state index in [2.05, 4.69) is 50.2 Å². The second kappa shape index (κ2) is 10.0. The monoisotopic (exact) mass is 498 g/mol. The Morgan fingerprint density at radius 3 is 1.32 bits per heavy atom. The van der Waals surface area contributed by atoms with E-state index in [4.69, 9.17) is 9.47 Å². The number of Topliss-reactive ketones (excluding diaryl/α,β-unsaturated/α-hetero) is 1. The minimum Gasteiger partial charge on any atom is -0.348 e. The second-order valence-corrected chi connectivity index (χ2v) is 10.7. The largest absolute Gasteiger partial charge is 0.348 e. The lowest BCUT2D eigenvalue weighted by atomic mass is 9.89. The highest BCUT2D eigenvalue weighted by Crippen LogP contribution is 2.49. The molecule has 6 rings (SSSR count). The molecule has 1 aliphatic heterocycles. The molecule has 188 valence electrons. The number of carbonyl (C=O) groups excluding carboxylic acids is 1. The average molecular weight is 499 g/mol. The highest BCUT2D eigenvalue weighted by atomic mass is 16.7. The zero-order valence-electron chi connectivity index (χ0n) is 21.7. The van der Waals surface area contributed by atoms with Crippen LogP contribution in [0.3, 0.4) is 0 Å². The number of benzene rings is 4. The van der Waals surface area contributed by atoms with Gasteiger partial charge in [-0.3, -0.25) is 4.79 Å². The maximum atomic E-state index is 14.3. The van der Waals surface area contributed by atoms with E-state index in [1.807, 2.05) is 78.9 Å². The van der Waals surface area contributed by atoms with Gasteiger partial charge in [-0.25, -0.2) is 0 Å². The Labute approximate surface area is 224 Å². The number of ketones is 1. The van der Waals surface area contributed by atoms with Crippen LogP contribution in [0, 0.1) is 5.41 Å². The van der Waals surface area contributed by atoms with Crippen LogP contribution < -0.4 is 0 Å². The Morgan fingerprint density at radius 1 is 0.526 bits per heavy atom. The van der Waals surface area contributed by atoms with Crippen molar-refractivity contribution in [1.82, 2.24) is 0 Å². The molecule has 4 aromatic carbocycles. The molecule has 0 spiro atoms. The summed E-state index contributed by atoms with van der Waals surface area (Å²) in [4.78, 5) is 14.3.